The normalized spacial score (nSPS) is 26.8. The van der Waals surface area contributed by atoms with Gasteiger partial charge in [0.15, 0.2) is 0 Å². The molecule has 19 heavy (non-hydrogen) atoms. The average Bonchev–Trinajstić information content (AvgIpc) is 3.10. The lowest BCUT2D eigenvalue weighted by Crippen LogP contribution is -2.25. The van der Waals surface area contributed by atoms with Crippen molar-refractivity contribution in [3.63, 3.8) is 0 Å². The first-order valence-electron chi connectivity index (χ1n) is 6.02. The average molecular weight is 330 g/mol. The third-order valence-electron chi connectivity index (χ3n) is 2.91. The minimum atomic E-state index is 0.168. The molecule has 0 bridgehead atoms. The van der Waals surface area contributed by atoms with E-state index in [1.165, 1.54) is 8.47 Å². The van der Waals surface area contributed by atoms with Gasteiger partial charge in [-0.15, -0.1) is 0 Å². The molecule has 1 atom stereocenters. The number of ether oxygens (including phenoxy) is 1. The lowest BCUT2D eigenvalue weighted by molar-refractivity contribution is 0.236. The predicted molar refractivity (Wildman–Crippen MR) is 91.2 cm³/mol. The molecule has 2 nitrogen and oxygen atoms in total. The van der Waals surface area contributed by atoms with E-state index in [4.69, 9.17) is 9.73 Å². The lowest BCUT2D eigenvalue weighted by atomic mass is 9.88. The smallest absolute Gasteiger partial charge is 0.224 e. The van der Waals surface area contributed by atoms with Crippen molar-refractivity contribution in [3.05, 3.63) is 29.6 Å². The van der Waals surface area contributed by atoms with Crippen molar-refractivity contribution < 1.29 is 4.74 Å². The van der Waals surface area contributed by atoms with Crippen LogP contribution in [0.15, 0.2) is 34.6 Å². The van der Waals surface area contributed by atoms with E-state index < -0.39 is 0 Å². The van der Waals surface area contributed by atoms with E-state index >= 15 is 0 Å². The minimum Gasteiger partial charge on any atom is -0.475 e. The van der Waals surface area contributed by atoms with Crippen LogP contribution in [0.1, 0.15) is 20.8 Å². The zero-order chi connectivity index (χ0) is 13.5. The SMILES string of the molecule is CC(C)(C)[C@H]1COC(C2=CSC(=C3SC=CS3)S2)=N1. The molecular weight excluding hydrogens is 314 g/mol. The van der Waals surface area contributed by atoms with Gasteiger partial charge in [0, 0.05) is 0 Å². The fourth-order valence-corrected chi connectivity index (χ4v) is 6.09. The largest absolute Gasteiger partial charge is 0.475 e. The van der Waals surface area contributed by atoms with Crippen molar-refractivity contribution in [1.82, 2.24) is 0 Å². The van der Waals surface area contributed by atoms with E-state index in [-0.39, 0.29) is 11.5 Å². The first kappa shape index (κ1) is 14.0. The number of rotatable bonds is 1. The standard InChI is InChI=1S/C13H15NOS4/c1-13(2,3)9-6-15-10(14-9)8-7-18-12(19-8)11-16-4-5-17-11/h4-5,7,9H,6H2,1-3H3/t9-/m1/s1. The van der Waals surface area contributed by atoms with Crippen LogP contribution in [0.2, 0.25) is 0 Å². The van der Waals surface area contributed by atoms with Gasteiger partial charge in [-0.05, 0) is 21.6 Å². The van der Waals surface area contributed by atoms with Crippen LogP contribution >= 0.6 is 47.0 Å². The second-order valence-electron chi connectivity index (χ2n) is 5.41. The molecule has 0 aromatic carbocycles. The number of thioether (sulfide) groups is 4. The summed E-state index contributed by atoms with van der Waals surface area (Å²) in [5.74, 6) is 0.828. The van der Waals surface area contributed by atoms with Gasteiger partial charge in [0.05, 0.1) is 19.4 Å². The van der Waals surface area contributed by atoms with E-state index in [1.54, 1.807) is 47.0 Å². The summed E-state index contributed by atoms with van der Waals surface area (Å²) in [5, 5.41) is 6.42. The van der Waals surface area contributed by atoms with Gasteiger partial charge < -0.3 is 4.74 Å². The van der Waals surface area contributed by atoms with Gasteiger partial charge in [0.2, 0.25) is 5.90 Å². The molecule has 0 aromatic heterocycles. The highest BCUT2D eigenvalue weighted by molar-refractivity contribution is 8.33. The van der Waals surface area contributed by atoms with Crippen LogP contribution < -0.4 is 0 Å². The molecule has 3 aliphatic rings. The predicted octanol–water partition coefficient (Wildman–Crippen LogP) is 5.23. The van der Waals surface area contributed by atoms with E-state index in [2.05, 4.69) is 37.0 Å². The minimum absolute atomic E-state index is 0.168. The molecule has 6 heteroatoms. The molecular formula is C13H15NOS4. The molecule has 0 N–H and O–H groups in total. The maximum Gasteiger partial charge on any atom is 0.224 e. The van der Waals surface area contributed by atoms with Gasteiger partial charge >= 0.3 is 0 Å². The van der Waals surface area contributed by atoms with Gasteiger partial charge in [-0.2, -0.15) is 0 Å². The van der Waals surface area contributed by atoms with Crippen LogP contribution in [0.5, 0.6) is 0 Å². The highest BCUT2D eigenvalue weighted by atomic mass is 32.2. The Hall–Kier alpha value is 0.0900. The number of aliphatic imine (C=N–C) groups is 1. The van der Waals surface area contributed by atoms with Crippen molar-refractivity contribution in [1.29, 1.82) is 0 Å². The number of nitrogens with zero attached hydrogens (tertiary/aromatic N) is 1. The number of hydrogen-bond acceptors (Lipinski definition) is 6. The quantitative estimate of drug-likeness (QED) is 0.655. The fraction of sp³-hybridized carbons (Fsp3) is 0.462. The van der Waals surface area contributed by atoms with Gasteiger partial charge in [0.1, 0.15) is 6.61 Å². The van der Waals surface area contributed by atoms with Crippen LogP contribution in [0.4, 0.5) is 0 Å². The summed E-state index contributed by atoms with van der Waals surface area (Å²) in [7, 11) is 0. The Bertz CT molecular complexity index is 503. The molecule has 0 aliphatic carbocycles. The van der Waals surface area contributed by atoms with Crippen molar-refractivity contribution in [2.75, 3.05) is 6.61 Å². The Morgan fingerprint density at radius 3 is 2.53 bits per heavy atom. The van der Waals surface area contributed by atoms with Crippen molar-refractivity contribution in [2.45, 2.75) is 26.8 Å². The third-order valence-corrected chi connectivity index (χ3v) is 7.92. The zero-order valence-corrected chi connectivity index (χ0v) is 14.3. The molecule has 0 amide bonds. The molecule has 102 valence electrons. The Morgan fingerprint density at radius 1 is 1.16 bits per heavy atom. The van der Waals surface area contributed by atoms with Gasteiger partial charge in [-0.1, -0.05) is 67.8 Å². The van der Waals surface area contributed by atoms with Gasteiger partial charge in [-0.25, -0.2) is 4.99 Å². The molecule has 0 saturated carbocycles. The summed E-state index contributed by atoms with van der Waals surface area (Å²) < 4.78 is 8.50. The summed E-state index contributed by atoms with van der Waals surface area (Å²) in [4.78, 5) is 5.90. The Balaban J connectivity index is 1.71. The maximum absolute atomic E-state index is 5.78. The van der Waals surface area contributed by atoms with Crippen LogP contribution in [0.3, 0.4) is 0 Å². The summed E-state index contributed by atoms with van der Waals surface area (Å²) in [6.45, 7) is 7.34. The van der Waals surface area contributed by atoms with E-state index in [0.717, 1.165) is 10.8 Å². The van der Waals surface area contributed by atoms with E-state index in [1.807, 2.05) is 0 Å². The topological polar surface area (TPSA) is 21.6 Å². The monoisotopic (exact) mass is 329 g/mol. The second kappa shape index (κ2) is 5.47. The Morgan fingerprint density at radius 2 is 1.89 bits per heavy atom. The van der Waals surface area contributed by atoms with Gasteiger partial charge in [0.25, 0.3) is 0 Å². The molecule has 0 fully saturated rings. The van der Waals surface area contributed by atoms with Crippen LogP contribution in [0.25, 0.3) is 0 Å². The van der Waals surface area contributed by atoms with E-state index in [9.17, 15) is 0 Å². The molecule has 0 saturated heterocycles. The van der Waals surface area contributed by atoms with Crippen LogP contribution in [-0.2, 0) is 4.74 Å². The third kappa shape index (κ3) is 3.06. The Kier molecular flexibility index (Phi) is 4.04. The fourth-order valence-electron chi connectivity index (χ4n) is 1.69. The first-order valence-corrected chi connectivity index (χ1v) is 9.48. The van der Waals surface area contributed by atoms with Crippen molar-refractivity contribution in [2.24, 2.45) is 10.4 Å². The molecule has 0 radical (unpaired) electrons. The zero-order valence-electron chi connectivity index (χ0n) is 11.0. The van der Waals surface area contributed by atoms with Crippen LogP contribution in [0, 0.1) is 5.41 Å². The molecule has 3 heterocycles. The Labute approximate surface area is 131 Å². The van der Waals surface area contributed by atoms with E-state index in [0.29, 0.717) is 6.61 Å². The second-order valence-corrected chi connectivity index (χ2v) is 9.69. The summed E-state index contributed by atoms with van der Waals surface area (Å²) in [5.41, 5.74) is 0.168. The molecule has 3 rings (SSSR count). The number of hydrogen-bond donors (Lipinski definition) is 0. The van der Waals surface area contributed by atoms with Crippen LogP contribution in [-0.4, -0.2) is 18.5 Å². The summed E-state index contributed by atoms with van der Waals surface area (Å²) in [6.07, 6.45) is 0. The molecule has 3 aliphatic heterocycles. The molecule has 0 spiro atoms. The summed E-state index contributed by atoms with van der Waals surface area (Å²) in [6, 6.07) is 0.266. The van der Waals surface area contributed by atoms with Gasteiger partial charge in [-0.3, -0.25) is 0 Å². The highest BCUT2D eigenvalue weighted by Gasteiger charge is 2.33. The molecule has 0 aromatic rings. The lowest BCUT2D eigenvalue weighted by Gasteiger charge is -2.21. The summed E-state index contributed by atoms with van der Waals surface area (Å²) >= 11 is 7.16. The highest BCUT2D eigenvalue weighted by Crippen LogP contribution is 2.53. The van der Waals surface area contributed by atoms with Crippen molar-refractivity contribution >= 4 is 52.9 Å². The molecule has 0 unspecified atom stereocenters. The maximum atomic E-state index is 5.78. The van der Waals surface area contributed by atoms with Crippen molar-refractivity contribution in [3.8, 4) is 0 Å². The first-order chi connectivity index (χ1) is 9.04.